The van der Waals surface area contributed by atoms with E-state index in [9.17, 15) is 14.3 Å². The van der Waals surface area contributed by atoms with Crippen LogP contribution in [0.3, 0.4) is 0 Å². The van der Waals surface area contributed by atoms with Crippen LogP contribution in [0, 0.1) is 11.7 Å². The summed E-state index contributed by atoms with van der Waals surface area (Å²) in [5.41, 5.74) is 1.98. The maximum atomic E-state index is 13.4. The van der Waals surface area contributed by atoms with Gasteiger partial charge in [0.2, 0.25) is 0 Å². The van der Waals surface area contributed by atoms with Gasteiger partial charge in [0.05, 0.1) is 18.6 Å². The van der Waals surface area contributed by atoms with Crippen molar-refractivity contribution in [3.05, 3.63) is 35.8 Å². The molecule has 0 bridgehead atoms. The van der Waals surface area contributed by atoms with Gasteiger partial charge in [-0.05, 0) is 43.5 Å². The molecule has 1 saturated heterocycles. The van der Waals surface area contributed by atoms with E-state index in [-0.39, 0.29) is 11.8 Å². The zero-order valence-corrected chi connectivity index (χ0v) is 13.8. The van der Waals surface area contributed by atoms with Gasteiger partial charge in [0, 0.05) is 36.7 Å². The van der Waals surface area contributed by atoms with Crippen LogP contribution in [0.2, 0.25) is 0 Å². The van der Waals surface area contributed by atoms with E-state index in [0.29, 0.717) is 19.6 Å². The standard InChI is InChI=1S/C18H23FN2O3/c1-2-24-18(23)15-11-21(8-6-17(15)22)7-5-12-10-20-16-4-3-13(19)9-14(12)16/h3-4,9-10,15,17,20,22H,2,5-8,11H2,1H3/t15-,17+/m1/s1. The smallest absolute Gasteiger partial charge is 0.312 e. The molecule has 3 rings (SSSR count). The van der Waals surface area contributed by atoms with Gasteiger partial charge in [-0.3, -0.25) is 4.79 Å². The van der Waals surface area contributed by atoms with Crippen LogP contribution in [0.5, 0.6) is 0 Å². The number of fused-ring (bicyclic) bond motifs is 1. The van der Waals surface area contributed by atoms with Crippen LogP contribution in [0.4, 0.5) is 4.39 Å². The Kier molecular flexibility index (Phi) is 5.16. The average Bonchev–Trinajstić information content (AvgIpc) is 2.96. The Bertz CT molecular complexity index is 715. The monoisotopic (exact) mass is 334 g/mol. The lowest BCUT2D eigenvalue weighted by atomic mass is 9.94. The Labute approximate surface area is 140 Å². The van der Waals surface area contributed by atoms with Crippen molar-refractivity contribution in [2.24, 2.45) is 5.92 Å². The van der Waals surface area contributed by atoms with Crippen molar-refractivity contribution in [1.29, 1.82) is 0 Å². The summed E-state index contributed by atoms with van der Waals surface area (Å²) < 4.78 is 18.5. The van der Waals surface area contributed by atoms with Crippen LogP contribution in [0.25, 0.3) is 10.9 Å². The van der Waals surface area contributed by atoms with Gasteiger partial charge in [-0.25, -0.2) is 4.39 Å². The fourth-order valence-electron chi connectivity index (χ4n) is 3.33. The third kappa shape index (κ3) is 3.60. The first-order chi connectivity index (χ1) is 11.6. The van der Waals surface area contributed by atoms with E-state index in [0.717, 1.165) is 36.0 Å². The van der Waals surface area contributed by atoms with Gasteiger partial charge in [0.25, 0.3) is 0 Å². The van der Waals surface area contributed by atoms with Crippen molar-refractivity contribution in [3.8, 4) is 0 Å². The predicted octanol–water partition coefficient (Wildman–Crippen LogP) is 2.10. The largest absolute Gasteiger partial charge is 0.466 e. The molecule has 130 valence electrons. The second-order valence-corrected chi connectivity index (χ2v) is 6.27. The van der Waals surface area contributed by atoms with E-state index in [2.05, 4.69) is 9.88 Å². The lowest BCUT2D eigenvalue weighted by Crippen LogP contribution is -2.47. The molecule has 2 heterocycles. The summed E-state index contributed by atoms with van der Waals surface area (Å²) in [7, 11) is 0. The number of benzene rings is 1. The van der Waals surface area contributed by atoms with E-state index in [4.69, 9.17) is 4.74 Å². The number of H-pyrrole nitrogens is 1. The molecule has 1 aliphatic heterocycles. The number of aromatic amines is 1. The quantitative estimate of drug-likeness (QED) is 0.822. The van der Waals surface area contributed by atoms with Crippen molar-refractivity contribution in [1.82, 2.24) is 9.88 Å². The fourth-order valence-corrected chi connectivity index (χ4v) is 3.33. The number of hydrogen-bond donors (Lipinski definition) is 2. The number of piperidine rings is 1. The Morgan fingerprint density at radius 2 is 2.33 bits per heavy atom. The Hall–Kier alpha value is -1.92. The van der Waals surface area contributed by atoms with Gasteiger partial charge < -0.3 is 19.7 Å². The molecule has 0 amide bonds. The van der Waals surface area contributed by atoms with E-state index in [1.807, 2.05) is 6.20 Å². The summed E-state index contributed by atoms with van der Waals surface area (Å²) in [6, 6.07) is 4.73. The Morgan fingerprint density at radius 1 is 1.50 bits per heavy atom. The van der Waals surface area contributed by atoms with Crippen LogP contribution in [-0.2, 0) is 16.0 Å². The SMILES string of the molecule is CCOC(=O)[C@@H]1CN(CCc2c[nH]c3ccc(F)cc23)CC[C@@H]1O. The molecule has 2 N–H and O–H groups in total. The molecule has 5 nitrogen and oxygen atoms in total. The number of hydrogen-bond acceptors (Lipinski definition) is 4. The van der Waals surface area contributed by atoms with E-state index < -0.39 is 12.0 Å². The third-order valence-corrected chi connectivity index (χ3v) is 4.68. The van der Waals surface area contributed by atoms with E-state index >= 15 is 0 Å². The van der Waals surface area contributed by atoms with Crippen molar-refractivity contribution >= 4 is 16.9 Å². The summed E-state index contributed by atoms with van der Waals surface area (Å²) in [6.45, 7) is 4.08. The van der Waals surface area contributed by atoms with Crippen molar-refractivity contribution in [2.45, 2.75) is 25.9 Å². The molecule has 0 aliphatic carbocycles. The first-order valence-electron chi connectivity index (χ1n) is 8.41. The number of ether oxygens (including phenoxy) is 1. The molecular weight excluding hydrogens is 311 g/mol. The van der Waals surface area contributed by atoms with Gasteiger partial charge >= 0.3 is 5.97 Å². The number of rotatable bonds is 5. The first-order valence-corrected chi connectivity index (χ1v) is 8.41. The van der Waals surface area contributed by atoms with Crippen LogP contribution in [0.1, 0.15) is 18.9 Å². The van der Waals surface area contributed by atoms with Crippen LogP contribution in [0.15, 0.2) is 24.4 Å². The summed E-state index contributed by atoms with van der Waals surface area (Å²) in [5, 5.41) is 10.9. The predicted molar refractivity (Wildman–Crippen MR) is 89.1 cm³/mol. The number of aromatic nitrogens is 1. The van der Waals surface area contributed by atoms with Gasteiger partial charge in [-0.2, -0.15) is 0 Å². The van der Waals surface area contributed by atoms with Gasteiger partial charge in [-0.15, -0.1) is 0 Å². The summed E-state index contributed by atoms with van der Waals surface area (Å²) in [4.78, 5) is 17.3. The number of carbonyl (C=O) groups excluding carboxylic acids is 1. The minimum atomic E-state index is -0.637. The number of aliphatic hydroxyl groups is 1. The summed E-state index contributed by atoms with van der Waals surface area (Å²) in [6.07, 6.45) is 2.59. The number of esters is 1. The average molecular weight is 334 g/mol. The molecule has 1 aliphatic rings. The maximum absolute atomic E-state index is 13.4. The highest BCUT2D eigenvalue weighted by Gasteiger charge is 2.34. The molecule has 0 saturated carbocycles. The highest BCUT2D eigenvalue weighted by Crippen LogP contribution is 2.22. The van der Waals surface area contributed by atoms with Crippen LogP contribution >= 0.6 is 0 Å². The van der Waals surface area contributed by atoms with E-state index in [1.165, 1.54) is 6.07 Å². The van der Waals surface area contributed by atoms with Gasteiger partial charge in [-0.1, -0.05) is 0 Å². The molecular formula is C18H23FN2O3. The zero-order valence-electron chi connectivity index (χ0n) is 13.8. The second-order valence-electron chi connectivity index (χ2n) is 6.27. The fraction of sp³-hybridized carbons (Fsp3) is 0.500. The van der Waals surface area contributed by atoms with Crippen LogP contribution in [-0.4, -0.2) is 53.3 Å². The molecule has 24 heavy (non-hydrogen) atoms. The van der Waals surface area contributed by atoms with Crippen molar-refractivity contribution in [3.63, 3.8) is 0 Å². The summed E-state index contributed by atoms with van der Waals surface area (Å²) in [5.74, 6) is -1.06. The van der Waals surface area contributed by atoms with Gasteiger partial charge in [0.15, 0.2) is 0 Å². The number of halogens is 1. The molecule has 1 aromatic carbocycles. The third-order valence-electron chi connectivity index (χ3n) is 4.68. The number of nitrogens with zero attached hydrogens (tertiary/aromatic N) is 1. The number of nitrogens with one attached hydrogen (secondary N) is 1. The molecule has 2 aromatic rings. The highest BCUT2D eigenvalue weighted by atomic mass is 19.1. The first kappa shape index (κ1) is 16.9. The molecule has 0 spiro atoms. The second kappa shape index (κ2) is 7.32. The topological polar surface area (TPSA) is 65.6 Å². The molecule has 6 heteroatoms. The number of aliphatic hydroxyl groups excluding tert-OH is 1. The minimum absolute atomic E-state index is 0.244. The molecule has 0 radical (unpaired) electrons. The lowest BCUT2D eigenvalue weighted by Gasteiger charge is -2.34. The lowest BCUT2D eigenvalue weighted by molar-refractivity contribution is -0.155. The molecule has 0 unspecified atom stereocenters. The minimum Gasteiger partial charge on any atom is -0.466 e. The zero-order chi connectivity index (χ0) is 17.1. The number of carbonyl (C=O) groups is 1. The number of likely N-dealkylation sites (tertiary alicyclic amines) is 1. The maximum Gasteiger partial charge on any atom is 0.312 e. The van der Waals surface area contributed by atoms with Gasteiger partial charge in [0.1, 0.15) is 5.82 Å². The molecule has 1 fully saturated rings. The summed E-state index contributed by atoms with van der Waals surface area (Å²) >= 11 is 0. The molecule has 1 aromatic heterocycles. The highest BCUT2D eigenvalue weighted by molar-refractivity contribution is 5.83. The Balaban J connectivity index is 1.63. The Morgan fingerprint density at radius 3 is 3.12 bits per heavy atom. The van der Waals surface area contributed by atoms with Crippen molar-refractivity contribution in [2.75, 3.05) is 26.2 Å². The van der Waals surface area contributed by atoms with Crippen LogP contribution < -0.4 is 0 Å². The van der Waals surface area contributed by atoms with E-state index in [1.54, 1.807) is 19.1 Å². The molecule has 2 atom stereocenters. The normalized spacial score (nSPS) is 22.0. The van der Waals surface area contributed by atoms with Crippen molar-refractivity contribution < 1.29 is 19.0 Å².